The zero-order valence-corrected chi connectivity index (χ0v) is 19.5. The van der Waals surface area contributed by atoms with Gasteiger partial charge in [-0.3, -0.25) is 14.6 Å². The van der Waals surface area contributed by atoms with E-state index in [9.17, 15) is 14.7 Å². The number of nitrogens with zero attached hydrogens (tertiary/aromatic N) is 3. The molecule has 6 rings (SSSR count). The molecule has 3 heterocycles. The lowest BCUT2D eigenvalue weighted by Gasteiger charge is -2.22. The van der Waals surface area contributed by atoms with Crippen LogP contribution in [0.25, 0.3) is 10.9 Å². The Labute approximate surface area is 201 Å². The highest BCUT2D eigenvalue weighted by Gasteiger charge is 2.38. The highest BCUT2D eigenvalue weighted by atomic mass is 16.3. The molecular weight excluding hydrogens is 440 g/mol. The third-order valence-electron chi connectivity index (χ3n) is 6.86. The van der Waals surface area contributed by atoms with Crippen LogP contribution in [0.5, 0.6) is 0 Å². The van der Waals surface area contributed by atoms with Crippen molar-refractivity contribution in [2.45, 2.75) is 32.9 Å². The maximum absolute atomic E-state index is 14.0. The molecule has 7 heteroatoms. The molecule has 0 radical (unpaired) electrons. The van der Waals surface area contributed by atoms with Crippen molar-refractivity contribution in [3.63, 3.8) is 0 Å². The number of hydrogen-bond donors (Lipinski definition) is 2. The summed E-state index contributed by atoms with van der Waals surface area (Å²) in [5.74, 6) is 0.329. The quantitative estimate of drug-likeness (QED) is 0.485. The minimum Gasteiger partial charge on any atom is -0.392 e. The van der Waals surface area contributed by atoms with Crippen LogP contribution in [0, 0.1) is 13.8 Å². The molecule has 0 saturated heterocycles. The zero-order valence-electron chi connectivity index (χ0n) is 19.5. The lowest BCUT2D eigenvalue weighted by atomic mass is 9.95. The van der Waals surface area contributed by atoms with E-state index in [1.165, 1.54) is 0 Å². The maximum atomic E-state index is 14.0. The van der Waals surface area contributed by atoms with Crippen LogP contribution in [-0.4, -0.2) is 33.2 Å². The van der Waals surface area contributed by atoms with Crippen LogP contribution in [0.1, 0.15) is 45.2 Å². The Balaban J connectivity index is 1.66. The number of benzene rings is 3. The standard InChI is InChI=1S/C28H24N4O3/c1-15-12-18-10-11-32-26(18)20(13-15)24(17-6-4-3-5-7-17)31-25(28(32)35)19-8-9-22-23(21(19)14-33)27(34)30-16(2)29-22/h3-9,12-13,25,33H,10-11,14H2,1-2H3,(H,29,30,34). The first kappa shape index (κ1) is 21.4. The van der Waals surface area contributed by atoms with Crippen molar-refractivity contribution in [3.8, 4) is 0 Å². The van der Waals surface area contributed by atoms with Gasteiger partial charge in [-0.2, -0.15) is 0 Å². The highest BCUT2D eigenvalue weighted by molar-refractivity contribution is 6.21. The first-order valence-corrected chi connectivity index (χ1v) is 11.7. The second kappa shape index (κ2) is 7.99. The topological polar surface area (TPSA) is 98.6 Å². The summed E-state index contributed by atoms with van der Waals surface area (Å²) < 4.78 is 0. The van der Waals surface area contributed by atoms with Crippen LogP contribution in [-0.2, 0) is 17.8 Å². The number of fused-ring (bicyclic) bond motifs is 1. The molecule has 2 aliphatic heterocycles. The van der Waals surface area contributed by atoms with Gasteiger partial charge in [0.1, 0.15) is 5.82 Å². The number of rotatable bonds is 3. The summed E-state index contributed by atoms with van der Waals surface area (Å²) in [7, 11) is 0. The fourth-order valence-electron chi connectivity index (χ4n) is 5.40. The van der Waals surface area contributed by atoms with Gasteiger partial charge in [0.2, 0.25) is 0 Å². The Morgan fingerprint density at radius 1 is 1.09 bits per heavy atom. The van der Waals surface area contributed by atoms with Gasteiger partial charge in [-0.25, -0.2) is 4.98 Å². The molecule has 174 valence electrons. The maximum Gasteiger partial charge on any atom is 0.259 e. The molecule has 1 atom stereocenters. The minimum atomic E-state index is -0.906. The van der Waals surface area contributed by atoms with E-state index >= 15 is 0 Å². The number of nitrogens with one attached hydrogen (secondary N) is 1. The minimum absolute atomic E-state index is 0.162. The Bertz CT molecular complexity index is 1600. The van der Waals surface area contributed by atoms with E-state index in [0.717, 1.165) is 40.1 Å². The average Bonchev–Trinajstić information content (AvgIpc) is 3.22. The van der Waals surface area contributed by atoms with E-state index < -0.39 is 12.6 Å². The predicted octanol–water partition coefficient (Wildman–Crippen LogP) is 3.51. The number of aromatic amines is 1. The molecule has 1 unspecified atom stereocenters. The predicted molar refractivity (Wildman–Crippen MR) is 135 cm³/mol. The van der Waals surface area contributed by atoms with E-state index in [1.807, 2.05) is 35.2 Å². The molecule has 0 fully saturated rings. The first-order valence-electron chi connectivity index (χ1n) is 11.7. The number of aliphatic imine (C=N–C) groups is 1. The summed E-state index contributed by atoms with van der Waals surface area (Å²) in [6.45, 7) is 3.93. The Morgan fingerprint density at radius 3 is 2.66 bits per heavy atom. The summed E-state index contributed by atoms with van der Waals surface area (Å²) in [6, 6.07) is 16.7. The SMILES string of the molecule is Cc1cc2c3c(c1)C(c1ccccc1)=NC(c1ccc4nc(C)[nH]c(=O)c4c1CO)C(=O)N3CC2. The normalized spacial score (nSPS) is 16.9. The number of aliphatic hydroxyl groups excluding tert-OH is 1. The van der Waals surface area contributed by atoms with Crippen LogP contribution in [0.4, 0.5) is 5.69 Å². The second-order valence-electron chi connectivity index (χ2n) is 9.14. The average molecular weight is 465 g/mol. The number of carbonyl (C=O) groups is 1. The second-order valence-corrected chi connectivity index (χ2v) is 9.14. The van der Waals surface area contributed by atoms with Gasteiger partial charge in [-0.1, -0.05) is 48.0 Å². The van der Waals surface area contributed by atoms with Crippen molar-refractivity contribution in [1.29, 1.82) is 0 Å². The van der Waals surface area contributed by atoms with Crippen LogP contribution >= 0.6 is 0 Å². The number of aliphatic hydroxyl groups is 1. The lowest BCUT2D eigenvalue weighted by molar-refractivity contribution is -0.119. The van der Waals surface area contributed by atoms with E-state index in [2.05, 4.69) is 29.0 Å². The lowest BCUT2D eigenvalue weighted by Crippen LogP contribution is -2.33. The Kier molecular flexibility index (Phi) is 4.89. The van der Waals surface area contributed by atoms with Gasteiger partial charge in [0.05, 0.1) is 28.9 Å². The van der Waals surface area contributed by atoms with E-state index in [0.29, 0.717) is 34.4 Å². The molecule has 2 aliphatic rings. The van der Waals surface area contributed by atoms with Crippen LogP contribution in [0.3, 0.4) is 0 Å². The Morgan fingerprint density at radius 2 is 1.89 bits per heavy atom. The number of carbonyl (C=O) groups excluding carboxylic acids is 1. The van der Waals surface area contributed by atoms with Gasteiger partial charge in [0, 0.05) is 17.7 Å². The van der Waals surface area contributed by atoms with Crippen molar-refractivity contribution in [1.82, 2.24) is 9.97 Å². The van der Waals surface area contributed by atoms with Gasteiger partial charge in [-0.15, -0.1) is 0 Å². The fourth-order valence-corrected chi connectivity index (χ4v) is 5.40. The van der Waals surface area contributed by atoms with Crippen molar-refractivity contribution in [2.24, 2.45) is 4.99 Å². The van der Waals surface area contributed by atoms with Gasteiger partial charge >= 0.3 is 0 Å². The van der Waals surface area contributed by atoms with Crippen LogP contribution < -0.4 is 10.5 Å². The summed E-state index contributed by atoms with van der Waals surface area (Å²) in [6.07, 6.45) is 0.776. The zero-order chi connectivity index (χ0) is 24.3. The molecule has 2 N–H and O–H groups in total. The fraction of sp³-hybridized carbons (Fsp3) is 0.214. The third kappa shape index (κ3) is 3.31. The van der Waals surface area contributed by atoms with Gasteiger partial charge < -0.3 is 15.0 Å². The molecule has 1 aromatic heterocycles. The molecule has 3 aromatic carbocycles. The summed E-state index contributed by atoms with van der Waals surface area (Å²) >= 11 is 0. The molecule has 0 saturated carbocycles. The van der Waals surface area contributed by atoms with Crippen molar-refractivity contribution >= 4 is 28.2 Å². The number of hydrogen-bond acceptors (Lipinski definition) is 5. The van der Waals surface area contributed by atoms with Gasteiger partial charge in [-0.05, 0) is 49.1 Å². The molecule has 35 heavy (non-hydrogen) atoms. The summed E-state index contributed by atoms with van der Waals surface area (Å²) in [4.78, 5) is 40.9. The highest BCUT2D eigenvalue weighted by Crippen LogP contribution is 2.41. The van der Waals surface area contributed by atoms with Crippen molar-refractivity contribution in [2.75, 3.05) is 11.4 Å². The van der Waals surface area contributed by atoms with Gasteiger partial charge in [0.15, 0.2) is 6.04 Å². The molecular formula is C28H24N4O3. The number of H-pyrrole nitrogens is 1. The smallest absolute Gasteiger partial charge is 0.259 e. The largest absolute Gasteiger partial charge is 0.392 e. The number of amides is 1. The van der Waals surface area contributed by atoms with Gasteiger partial charge in [0.25, 0.3) is 11.5 Å². The monoisotopic (exact) mass is 464 g/mol. The molecule has 1 amide bonds. The number of aryl methyl sites for hydroxylation is 2. The van der Waals surface area contributed by atoms with E-state index in [4.69, 9.17) is 4.99 Å². The number of anilines is 1. The first-order chi connectivity index (χ1) is 17.0. The molecule has 0 spiro atoms. The van der Waals surface area contributed by atoms with Crippen molar-refractivity contribution < 1.29 is 9.90 Å². The summed E-state index contributed by atoms with van der Waals surface area (Å²) in [5, 5.41) is 10.7. The van der Waals surface area contributed by atoms with Crippen LogP contribution in [0.2, 0.25) is 0 Å². The molecule has 0 aliphatic carbocycles. The third-order valence-corrected chi connectivity index (χ3v) is 6.86. The molecule has 4 aromatic rings. The molecule has 7 nitrogen and oxygen atoms in total. The number of aromatic nitrogens is 2. The van der Waals surface area contributed by atoms with Crippen LogP contribution in [0.15, 0.2) is 64.4 Å². The van der Waals surface area contributed by atoms with E-state index in [-0.39, 0.29) is 11.5 Å². The molecule has 0 bridgehead atoms. The van der Waals surface area contributed by atoms with Crippen molar-refractivity contribution in [3.05, 3.63) is 104 Å². The van der Waals surface area contributed by atoms with E-state index in [1.54, 1.807) is 19.1 Å². The Hall–Kier alpha value is -4.10. The summed E-state index contributed by atoms with van der Waals surface area (Å²) in [5.41, 5.74) is 6.78.